The molecule has 0 saturated carbocycles. The molecule has 0 amide bonds. The summed E-state index contributed by atoms with van der Waals surface area (Å²) >= 11 is 1.47. The zero-order valence-electron chi connectivity index (χ0n) is 20.5. The first kappa shape index (κ1) is 23.4. The highest BCUT2D eigenvalue weighted by atomic mass is 32.1. The standard InChI is InChI=1S/C28H26N6OS/c1-16-7-5-9-21(13-16)30-28-34-33-27(36-28)20-8-6-10-22(14-20)35-24-15-23(29)31-26(32-24)25-18(3)11-17(2)12-19(25)4/h5-15H,1-4H3,(H,30,34)(H2,29,31,32). The summed E-state index contributed by atoms with van der Waals surface area (Å²) in [5.41, 5.74) is 13.5. The second-order valence-electron chi connectivity index (χ2n) is 8.77. The van der Waals surface area contributed by atoms with E-state index in [1.165, 1.54) is 22.5 Å². The molecule has 0 radical (unpaired) electrons. The van der Waals surface area contributed by atoms with Crippen molar-refractivity contribution >= 4 is 28.0 Å². The molecular weight excluding hydrogens is 468 g/mol. The molecule has 180 valence electrons. The number of aromatic nitrogens is 4. The highest BCUT2D eigenvalue weighted by Gasteiger charge is 2.14. The fourth-order valence-corrected chi connectivity index (χ4v) is 4.95. The van der Waals surface area contributed by atoms with Gasteiger partial charge in [-0.25, -0.2) is 4.98 Å². The number of anilines is 3. The number of nitrogens with zero attached hydrogens (tertiary/aromatic N) is 4. The number of nitrogen functional groups attached to an aromatic ring is 1. The van der Waals surface area contributed by atoms with Gasteiger partial charge in [0, 0.05) is 22.9 Å². The molecule has 36 heavy (non-hydrogen) atoms. The van der Waals surface area contributed by atoms with Gasteiger partial charge < -0.3 is 15.8 Å². The van der Waals surface area contributed by atoms with Crippen LogP contribution in [0, 0.1) is 27.7 Å². The molecule has 2 aromatic heterocycles. The maximum Gasteiger partial charge on any atom is 0.224 e. The van der Waals surface area contributed by atoms with Gasteiger partial charge in [-0.3, -0.25) is 0 Å². The minimum atomic E-state index is 0.349. The predicted molar refractivity (Wildman–Crippen MR) is 146 cm³/mol. The van der Waals surface area contributed by atoms with E-state index in [4.69, 9.17) is 10.5 Å². The average molecular weight is 495 g/mol. The van der Waals surface area contributed by atoms with Crippen molar-refractivity contribution in [1.29, 1.82) is 0 Å². The van der Waals surface area contributed by atoms with E-state index in [1.807, 2.05) is 36.4 Å². The smallest absolute Gasteiger partial charge is 0.224 e. The van der Waals surface area contributed by atoms with Crippen LogP contribution in [0.4, 0.5) is 16.6 Å². The van der Waals surface area contributed by atoms with Crippen LogP contribution < -0.4 is 15.8 Å². The maximum absolute atomic E-state index is 6.12. The maximum atomic E-state index is 6.12. The van der Waals surface area contributed by atoms with Crippen LogP contribution in [0.3, 0.4) is 0 Å². The normalized spacial score (nSPS) is 10.9. The van der Waals surface area contributed by atoms with E-state index < -0.39 is 0 Å². The number of benzene rings is 3. The van der Waals surface area contributed by atoms with Crippen LogP contribution in [0.25, 0.3) is 22.0 Å². The van der Waals surface area contributed by atoms with Crippen molar-refractivity contribution in [3.05, 3.63) is 89.0 Å². The number of ether oxygens (including phenoxy) is 1. The molecular formula is C28H26N6OS. The van der Waals surface area contributed by atoms with Crippen molar-refractivity contribution < 1.29 is 4.74 Å². The van der Waals surface area contributed by atoms with Crippen molar-refractivity contribution in [1.82, 2.24) is 20.2 Å². The molecule has 3 aromatic carbocycles. The molecule has 0 aliphatic heterocycles. The van der Waals surface area contributed by atoms with Gasteiger partial charge in [-0.05, 0) is 68.7 Å². The van der Waals surface area contributed by atoms with Crippen LogP contribution in [-0.2, 0) is 0 Å². The van der Waals surface area contributed by atoms with Gasteiger partial charge in [0.2, 0.25) is 11.0 Å². The molecule has 0 aliphatic rings. The van der Waals surface area contributed by atoms with E-state index in [0.717, 1.165) is 38.1 Å². The van der Waals surface area contributed by atoms with Gasteiger partial charge in [-0.1, -0.05) is 53.3 Å². The molecule has 5 rings (SSSR count). The van der Waals surface area contributed by atoms with E-state index >= 15 is 0 Å². The lowest BCUT2D eigenvalue weighted by Gasteiger charge is -2.12. The highest BCUT2D eigenvalue weighted by molar-refractivity contribution is 7.18. The molecule has 0 aliphatic carbocycles. The molecule has 0 atom stereocenters. The molecule has 5 aromatic rings. The van der Waals surface area contributed by atoms with E-state index in [1.54, 1.807) is 6.07 Å². The van der Waals surface area contributed by atoms with E-state index in [-0.39, 0.29) is 0 Å². The Bertz CT molecular complexity index is 1540. The number of nitrogens with two attached hydrogens (primary N) is 1. The summed E-state index contributed by atoms with van der Waals surface area (Å²) in [6.45, 7) is 8.23. The van der Waals surface area contributed by atoms with Crippen molar-refractivity contribution in [3.8, 4) is 33.6 Å². The predicted octanol–water partition coefficient (Wildman–Crippen LogP) is 7.01. The highest BCUT2D eigenvalue weighted by Crippen LogP contribution is 2.33. The van der Waals surface area contributed by atoms with Gasteiger partial charge >= 0.3 is 0 Å². The van der Waals surface area contributed by atoms with Crippen LogP contribution in [0.1, 0.15) is 22.3 Å². The van der Waals surface area contributed by atoms with Gasteiger partial charge in [-0.15, -0.1) is 10.2 Å². The van der Waals surface area contributed by atoms with Crippen LogP contribution in [-0.4, -0.2) is 20.2 Å². The van der Waals surface area contributed by atoms with Gasteiger partial charge in [0.05, 0.1) is 0 Å². The molecule has 0 saturated heterocycles. The molecule has 0 bridgehead atoms. The van der Waals surface area contributed by atoms with Crippen molar-refractivity contribution in [2.24, 2.45) is 0 Å². The van der Waals surface area contributed by atoms with Gasteiger partial charge in [0.15, 0.2) is 5.82 Å². The summed E-state index contributed by atoms with van der Waals surface area (Å²) in [7, 11) is 0. The minimum absolute atomic E-state index is 0.349. The van der Waals surface area contributed by atoms with Crippen LogP contribution in [0.5, 0.6) is 11.6 Å². The van der Waals surface area contributed by atoms with Crippen molar-refractivity contribution in [3.63, 3.8) is 0 Å². The zero-order valence-corrected chi connectivity index (χ0v) is 21.4. The van der Waals surface area contributed by atoms with Gasteiger partial charge in [0.25, 0.3) is 0 Å². The van der Waals surface area contributed by atoms with Gasteiger partial charge in [-0.2, -0.15) is 4.98 Å². The quantitative estimate of drug-likeness (QED) is 0.262. The Kier molecular flexibility index (Phi) is 6.35. The molecule has 8 heteroatoms. The number of aryl methyl sites for hydroxylation is 4. The molecule has 0 unspecified atom stereocenters. The third-order valence-corrected chi connectivity index (χ3v) is 6.51. The molecule has 0 fully saturated rings. The molecule has 7 nitrogen and oxygen atoms in total. The third-order valence-electron chi connectivity index (χ3n) is 5.62. The largest absolute Gasteiger partial charge is 0.439 e. The first-order chi connectivity index (χ1) is 17.3. The van der Waals surface area contributed by atoms with E-state index in [2.05, 4.69) is 77.4 Å². The van der Waals surface area contributed by atoms with Gasteiger partial charge in [0.1, 0.15) is 16.6 Å². The first-order valence-electron chi connectivity index (χ1n) is 11.5. The molecule has 2 heterocycles. The lowest BCUT2D eigenvalue weighted by molar-refractivity contribution is 0.463. The Morgan fingerprint density at radius 2 is 1.58 bits per heavy atom. The number of nitrogens with one attached hydrogen (secondary N) is 1. The number of hydrogen-bond acceptors (Lipinski definition) is 8. The molecule has 0 spiro atoms. The minimum Gasteiger partial charge on any atom is -0.439 e. The lowest BCUT2D eigenvalue weighted by Crippen LogP contribution is -2.01. The Morgan fingerprint density at radius 3 is 2.36 bits per heavy atom. The SMILES string of the molecule is Cc1cccc(Nc2nnc(-c3cccc(Oc4cc(N)nc(-c5c(C)cc(C)cc5C)n4)c3)s2)c1. The van der Waals surface area contributed by atoms with Crippen molar-refractivity contribution in [2.75, 3.05) is 11.1 Å². The Labute approximate surface area is 214 Å². The summed E-state index contributed by atoms with van der Waals surface area (Å²) in [5, 5.41) is 13.5. The monoisotopic (exact) mass is 494 g/mol. The summed E-state index contributed by atoms with van der Waals surface area (Å²) in [6.07, 6.45) is 0. The summed E-state index contributed by atoms with van der Waals surface area (Å²) in [5.74, 6) is 1.90. The third kappa shape index (κ3) is 5.18. The van der Waals surface area contributed by atoms with Crippen molar-refractivity contribution in [2.45, 2.75) is 27.7 Å². The van der Waals surface area contributed by atoms with Crippen LogP contribution >= 0.6 is 11.3 Å². The molecule has 3 N–H and O–H groups in total. The van der Waals surface area contributed by atoms with Crippen LogP contribution in [0.15, 0.2) is 66.7 Å². The van der Waals surface area contributed by atoms with Crippen LogP contribution in [0.2, 0.25) is 0 Å². The second-order valence-corrected chi connectivity index (χ2v) is 9.74. The first-order valence-corrected chi connectivity index (χ1v) is 12.3. The topological polar surface area (TPSA) is 98.8 Å². The van der Waals surface area contributed by atoms with E-state index in [9.17, 15) is 0 Å². The second kappa shape index (κ2) is 9.75. The fraction of sp³-hybridized carbons (Fsp3) is 0.143. The zero-order chi connectivity index (χ0) is 25.2. The number of hydrogen-bond donors (Lipinski definition) is 2. The summed E-state index contributed by atoms with van der Waals surface area (Å²) in [6, 6.07) is 21.7. The van der Waals surface area contributed by atoms with E-state index in [0.29, 0.717) is 23.3 Å². The number of rotatable bonds is 6. The lowest BCUT2D eigenvalue weighted by atomic mass is 9.99. The Morgan fingerprint density at radius 1 is 0.806 bits per heavy atom. The average Bonchev–Trinajstić information content (AvgIpc) is 3.27. The Balaban J connectivity index is 1.39. The summed E-state index contributed by atoms with van der Waals surface area (Å²) < 4.78 is 6.11. The fourth-order valence-electron chi connectivity index (χ4n) is 4.19. The summed E-state index contributed by atoms with van der Waals surface area (Å²) in [4.78, 5) is 9.13. The Hall–Kier alpha value is -4.30.